The molecule has 0 radical (unpaired) electrons. The van der Waals surface area contributed by atoms with E-state index in [2.05, 4.69) is 5.10 Å². The minimum atomic E-state index is -0.222. The topological polar surface area (TPSA) is 56.5 Å². The molecule has 5 aromatic rings. The van der Waals surface area contributed by atoms with Crippen molar-refractivity contribution in [1.82, 2.24) is 9.66 Å². The average molecular weight is 466 g/mol. The van der Waals surface area contributed by atoms with Crippen LogP contribution in [-0.4, -0.2) is 15.9 Å². The number of hydrogen-bond acceptors (Lipinski definition) is 4. The van der Waals surface area contributed by atoms with Crippen molar-refractivity contribution in [3.05, 3.63) is 130 Å². The van der Waals surface area contributed by atoms with Gasteiger partial charge in [-0.15, -0.1) is 0 Å². The summed E-state index contributed by atoms with van der Waals surface area (Å²) in [6.07, 6.45) is 1.64. The summed E-state index contributed by atoms with van der Waals surface area (Å²) in [4.78, 5) is 17.9. The molecule has 0 spiro atoms. The predicted molar refractivity (Wildman–Crippen MR) is 137 cm³/mol. The van der Waals surface area contributed by atoms with Gasteiger partial charge in [0.15, 0.2) is 5.82 Å². The van der Waals surface area contributed by atoms with Crippen LogP contribution in [0.2, 0.25) is 5.02 Å². The van der Waals surface area contributed by atoms with Crippen molar-refractivity contribution in [3.8, 4) is 17.1 Å². The molecule has 0 aliphatic heterocycles. The lowest BCUT2D eigenvalue weighted by Gasteiger charge is -2.09. The zero-order chi connectivity index (χ0) is 23.3. The Balaban J connectivity index is 1.43. The number of rotatable bonds is 6. The van der Waals surface area contributed by atoms with Crippen LogP contribution in [0.15, 0.2) is 113 Å². The molecule has 166 valence electrons. The fourth-order valence-corrected chi connectivity index (χ4v) is 3.75. The molecule has 0 saturated heterocycles. The zero-order valence-electron chi connectivity index (χ0n) is 18.1. The second kappa shape index (κ2) is 9.73. The monoisotopic (exact) mass is 465 g/mol. The van der Waals surface area contributed by atoms with Crippen molar-refractivity contribution in [1.29, 1.82) is 0 Å². The molecule has 0 amide bonds. The molecule has 1 aromatic heterocycles. The Morgan fingerprint density at radius 3 is 2.35 bits per heavy atom. The van der Waals surface area contributed by atoms with E-state index in [-0.39, 0.29) is 5.56 Å². The minimum Gasteiger partial charge on any atom is -0.489 e. The summed E-state index contributed by atoms with van der Waals surface area (Å²) in [5.74, 6) is 1.20. The maximum absolute atomic E-state index is 13.2. The molecule has 0 atom stereocenters. The molecule has 0 unspecified atom stereocenters. The highest BCUT2D eigenvalue weighted by Crippen LogP contribution is 2.20. The highest BCUT2D eigenvalue weighted by Gasteiger charge is 2.12. The highest BCUT2D eigenvalue weighted by molar-refractivity contribution is 6.31. The van der Waals surface area contributed by atoms with Gasteiger partial charge in [0, 0.05) is 16.1 Å². The molecule has 5 rings (SSSR count). The van der Waals surface area contributed by atoms with Crippen LogP contribution in [0, 0.1) is 0 Å². The first-order valence-electron chi connectivity index (χ1n) is 10.8. The Bertz CT molecular complexity index is 1530. The summed E-state index contributed by atoms with van der Waals surface area (Å²) in [7, 11) is 0. The van der Waals surface area contributed by atoms with Gasteiger partial charge in [-0.25, -0.2) is 4.98 Å². The van der Waals surface area contributed by atoms with Gasteiger partial charge in [-0.3, -0.25) is 4.79 Å². The Morgan fingerprint density at radius 1 is 0.853 bits per heavy atom. The number of hydrogen-bond donors (Lipinski definition) is 0. The smallest absolute Gasteiger partial charge is 0.282 e. The van der Waals surface area contributed by atoms with E-state index in [9.17, 15) is 4.79 Å². The SMILES string of the molecule is O=c1c2ccccc2nc(-c2ccccc2)n1N=Cc1ccc(OCc2ccccc2Cl)cc1. The van der Waals surface area contributed by atoms with Gasteiger partial charge < -0.3 is 4.74 Å². The van der Waals surface area contributed by atoms with Crippen LogP contribution >= 0.6 is 11.6 Å². The van der Waals surface area contributed by atoms with E-state index in [0.717, 1.165) is 16.7 Å². The van der Waals surface area contributed by atoms with E-state index in [0.29, 0.717) is 34.1 Å². The van der Waals surface area contributed by atoms with Crippen LogP contribution in [0.3, 0.4) is 0 Å². The van der Waals surface area contributed by atoms with Gasteiger partial charge in [-0.1, -0.05) is 72.3 Å². The third-order valence-corrected chi connectivity index (χ3v) is 5.71. The summed E-state index contributed by atoms with van der Waals surface area (Å²) >= 11 is 6.19. The van der Waals surface area contributed by atoms with Crippen LogP contribution in [-0.2, 0) is 6.61 Å². The van der Waals surface area contributed by atoms with Crippen LogP contribution in [0.5, 0.6) is 5.75 Å². The molecule has 0 fully saturated rings. The van der Waals surface area contributed by atoms with Gasteiger partial charge in [0.25, 0.3) is 5.56 Å². The van der Waals surface area contributed by atoms with Crippen molar-refractivity contribution >= 4 is 28.7 Å². The van der Waals surface area contributed by atoms with E-state index in [1.807, 2.05) is 97.1 Å². The zero-order valence-corrected chi connectivity index (χ0v) is 18.9. The summed E-state index contributed by atoms with van der Waals surface area (Å²) < 4.78 is 7.19. The number of aromatic nitrogens is 2. The average Bonchev–Trinajstić information content (AvgIpc) is 2.89. The fraction of sp³-hybridized carbons (Fsp3) is 0.0357. The summed E-state index contributed by atoms with van der Waals surface area (Å²) in [6.45, 7) is 0.381. The minimum absolute atomic E-state index is 0.222. The molecule has 34 heavy (non-hydrogen) atoms. The van der Waals surface area contributed by atoms with Crippen molar-refractivity contribution in [2.45, 2.75) is 6.61 Å². The first kappa shape index (κ1) is 21.6. The fourth-order valence-electron chi connectivity index (χ4n) is 3.56. The second-order valence-corrected chi connectivity index (χ2v) is 8.04. The molecule has 1 heterocycles. The Labute approximate surface area is 201 Å². The normalized spacial score (nSPS) is 11.2. The number of halogens is 1. The van der Waals surface area contributed by atoms with Crippen LogP contribution in [0.1, 0.15) is 11.1 Å². The predicted octanol–water partition coefficient (Wildman–Crippen LogP) is 6.18. The molecule has 0 aliphatic carbocycles. The Hall–Kier alpha value is -4.22. The van der Waals surface area contributed by atoms with E-state index in [1.165, 1.54) is 4.68 Å². The van der Waals surface area contributed by atoms with E-state index < -0.39 is 0 Å². The van der Waals surface area contributed by atoms with Gasteiger partial charge in [-0.05, 0) is 48.0 Å². The van der Waals surface area contributed by atoms with E-state index >= 15 is 0 Å². The molecule has 6 heteroatoms. The van der Waals surface area contributed by atoms with E-state index in [1.54, 1.807) is 12.3 Å². The van der Waals surface area contributed by atoms with Crippen LogP contribution in [0.25, 0.3) is 22.3 Å². The lowest BCUT2D eigenvalue weighted by atomic mass is 10.2. The molecular weight excluding hydrogens is 446 g/mol. The largest absolute Gasteiger partial charge is 0.489 e. The van der Waals surface area contributed by atoms with Gasteiger partial charge in [0.2, 0.25) is 0 Å². The maximum atomic E-state index is 13.2. The molecule has 0 bridgehead atoms. The van der Waals surface area contributed by atoms with Crippen LogP contribution < -0.4 is 10.3 Å². The first-order valence-corrected chi connectivity index (χ1v) is 11.1. The Morgan fingerprint density at radius 2 is 1.56 bits per heavy atom. The lowest BCUT2D eigenvalue weighted by Crippen LogP contribution is -2.20. The van der Waals surface area contributed by atoms with Gasteiger partial charge in [0.1, 0.15) is 12.4 Å². The van der Waals surface area contributed by atoms with Gasteiger partial charge in [0.05, 0.1) is 17.1 Å². The van der Waals surface area contributed by atoms with Crippen molar-refractivity contribution in [2.75, 3.05) is 0 Å². The maximum Gasteiger partial charge on any atom is 0.282 e. The standard InChI is InChI=1S/C28H20ClN3O2/c29-25-12-6-4-10-22(25)19-34-23-16-14-20(15-17-23)18-30-32-27(21-8-2-1-3-9-21)31-26-13-7-5-11-24(26)28(32)33/h1-18H,19H2. The van der Waals surface area contributed by atoms with Crippen molar-refractivity contribution in [3.63, 3.8) is 0 Å². The molecule has 4 aromatic carbocycles. The number of nitrogens with zero attached hydrogens (tertiary/aromatic N) is 3. The highest BCUT2D eigenvalue weighted by atomic mass is 35.5. The third-order valence-electron chi connectivity index (χ3n) is 5.34. The lowest BCUT2D eigenvalue weighted by molar-refractivity contribution is 0.306. The van der Waals surface area contributed by atoms with Crippen molar-refractivity contribution < 1.29 is 4.74 Å². The summed E-state index contributed by atoms with van der Waals surface area (Å²) in [5, 5.41) is 5.69. The number of para-hydroxylation sites is 1. The molecule has 0 aliphatic rings. The third kappa shape index (κ3) is 4.60. The number of benzene rings is 4. The van der Waals surface area contributed by atoms with Gasteiger partial charge in [-0.2, -0.15) is 9.78 Å². The quantitative estimate of drug-likeness (QED) is 0.281. The number of ether oxygens (including phenoxy) is 1. The van der Waals surface area contributed by atoms with E-state index in [4.69, 9.17) is 21.3 Å². The van der Waals surface area contributed by atoms with Crippen LogP contribution in [0.4, 0.5) is 0 Å². The second-order valence-electron chi connectivity index (χ2n) is 7.63. The molecule has 0 N–H and O–H groups in total. The number of fused-ring (bicyclic) bond motifs is 1. The Kier molecular flexibility index (Phi) is 6.19. The van der Waals surface area contributed by atoms with Crippen molar-refractivity contribution in [2.24, 2.45) is 5.10 Å². The summed E-state index contributed by atoms with van der Waals surface area (Å²) in [5.41, 5.74) is 2.97. The molecule has 5 nitrogen and oxygen atoms in total. The first-order chi connectivity index (χ1) is 16.7. The summed E-state index contributed by atoms with van der Waals surface area (Å²) in [6, 6.07) is 31.9. The molecular formula is C28H20ClN3O2. The molecule has 0 saturated carbocycles. The van der Waals surface area contributed by atoms with Gasteiger partial charge >= 0.3 is 0 Å².